The molecule has 0 unspecified atom stereocenters. The molecular formula is C13H14N4O. The fraction of sp³-hybridized carbons (Fsp3) is 0.308. The first-order valence-corrected chi connectivity index (χ1v) is 5.76. The molecule has 92 valence electrons. The number of hydrogen-bond donors (Lipinski definition) is 0. The topological polar surface area (TPSA) is 63.7 Å². The molecule has 5 nitrogen and oxygen atoms in total. The minimum atomic E-state index is 0.395. The number of ether oxygens (including phenoxy) is 1. The number of aromatic nitrogens is 3. The molecule has 0 saturated heterocycles. The summed E-state index contributed by atoms with van der Waals surface area (Å²) in [7, 11) is 1.79. The molecule has 0 amide bonds. The molecule has 0 aliphatic rings. The van der Waals surface area contributed by atoms with Crippen LogP contribution in [0.1, 0.15) is 19.0 Å². The first-order chi connectivity index (χ1) is 8.74. The molecular weight excluding hydrogens is 228 g/mol. The van der Waals surface area contributed by atoms with E-state index in [9.17, 15) is 0 Å². The van der Waals surface area contributed by atoms with Crippen LogP contribution in [0.3, 0.4) is 0 Å². The monoisotopic (exact) mass is 242 g/mol. The quantitative estimate of drug-likeness (QED) is 0.824. The van der Waals surface area contributed by atoms with E-state index in [4.69, 9.17) is 10.00 Å². The number of nitrogens with zero attached hydrogens (tertiary/aromatic N) is 4. The van der Waals surface area contributed by atoms with E-state index in [1.54, 1.807) is 30.3 Å². The molecule has 0 aliphatic carbocycles. The summed E-state index contributed by atoms with van der Waals surface area (Å²) < 4.78 is 7.14. The SMILES string of the molecule is CCCOc1cncc(-c2cn(C)nc2C#N)c1. The van der Waals surface area contributed by atoms with Gasteiger partial charge in [0, 0.05) is 30.6 Å². The summed E-state index contributed by atoms with van der Waals surface area (Å²) in [4.78, 5) is 4.13. The van der Waals surface area contributed by atoms with Crippen molar-refractivity contribution in [2.24, 2.45) is 7.05 Å². The van der Waals surface area contributed by atoms with Crippen LogP contribution in [0.15, 0.2) is 24.7 Å². The molecule has 0 saturated carbocycles. The second-order valence-corrected chi connectivity index (χ2v) is 3.93. The minimum Gasteiger partial charge on any atom is -0.492 e. The second-order valence-electron chi connectivity index (χ2n) is 3.93. The van der Waals surface area contributed by atoms with Crippen LogP contribution in [0, 0.1) is 11.3 Å². The third-order valence-electron chi connectivity index (χ3n) is 2.43. The Labute approximate surface area is 106 Å². The maximum absolute atomic E-state index is 9.03. The maximum Gasteiger partial charge on any atom is 0.170 e. The largest absolute Gasteiger partial charge is 0.492 e. The van der Waals surface area contributed by atoms with Gasteiger partial charge in [0.25, 0.3) is 0 Å². The summed E-state index contributed by atoms with van der Waals surface area (Å²) in [6, 6.07) is 3.95. The van der Waals surface area contributed by atoms with Crippen LogP contribution in [-0.2, 0) is 7.05 Å². The van der Waals surface area contributed by atoms with Crippen molar-refractivity contribution in [3.63, 3.8) is 0 Å². The lowest BCUT2D eigenvalue weighted by Gasteiger charge is -2.05. The van der Waals surface area contributed by atoms with Gasteiger partial charge in [0.05, 0.1) is 12.8 Å². The van der Waals surface area contributed by atoms with Gasteiger partial charge in [0.1, 0.15) is 11.8 Å². The molecule has 0 aliphatic heterocycles. The molecule has 0 atom stereocenters. The van der Waals surface area contributed by atoms with Crippen LogP contribution in [0.5, 0.6) is 5.75 Å². The number of rotatable bonds is 4. The summed E-state index contributed by atoms with van der Waals surface area (Å²) in [5.41, 5.74) is 2.01. The number of hydrogen-bond acceptors (Lipinski definition) is 4. The lowest BCUT2D eigenvalue weighted by molar-refractivity contribution is 0.316. The number of pyridine rings is 1. The van der Waals surface area contributed by atoms with Crippen LogP contribution in [-0.4, -0.2) is 21.4 Å². The van der Waals surface area contributed by atoms with E-state index in [2.05, 4.69) is 16.2 Å². The summed E-state index contributed by atoms with van der Waals surface area (Å²) in [5, 5.41) is 13.1. The Bertz CT molecular complexity index is 583. The van der Waals surface area contributed by atoms with E-state index in [1.807, 2.05) is 13.0 Å². The Morgan fingerprint density at radius 2 is 2.28 bits per heavy atom. The highest BCUT2D eigenvalue weighted by atomic mass is 16.5. The van der Waals surface area contributed by atoms with Gasteiger partial charge in [0.15, 0.2) is 5.69 Å². The van der Waals surface area contributed by atoms with Crippen molar-refractivity contribution in [3.05, 3.63) is 30.4 Å². The molecule has 2 aromatic heterocycles. The summed E-state index contributed by atoms with van der Waals surface area (Å²) in [6.45, 7) is 2.70. The van der Waals surface area contributed by atoms with E-state index in [-0.39, 0.29) is 0 Å². The van der Waals surface area contributed by atoms with Crippen molar-refractivity contribution < 1.29 is 4.74 Å². The first-order valence-electron chi connectivity index (χ1n) is 5.76. The van der Waals surface area contributed by atoms with Crippen molar-refractivity contribution in [1.29, 1.82) is 5.26 Å². The van der Waals surface area contributed by atoms with Gasteiger partial charge in [-0.1, -0.05) is 6.92 Å². The average molecular weight is 242 g/mol. The van der Waals surface area contributed by atoms with Gasteiger partial charge < -0.3 is 4.74 Å². The van der Waals surface area contributed by atoms with Gasteiger partial charge in [-0.3, -0.25) is 9.67 Å². The molecule has 0 radical (unpaired) electrons. The Morgan fingerprint density at radius 1 is 1.44 bits per heavy atom. The first kappa shape index (κ1) is 12.1. The smallest absolute Gasteiger partial charge is 0.170 e. The second kappa shape index (κ2) is 5.32. The Hall–Kier alpha value is -2.35. The Morgan fingerprint density at radius 3 is 3.00 bits per heavy atom. The molecule has 18 heavy (non-hydrogen) atoms. The van der Waals surface area contributed by atoms with Crippen molar-refractivity contribution in [2.75, 3.05) is 6.61 Å². The van der Waals surface area contributed by atoms with E-state index >= 15 is 0 Å². The van der Waals surface area contributed by atoms with Crippen LogP contribution in [0.4, 0.5) is 0 Å². The van der Waals surface area contributed by atoms with Gasteiger partial charge in [-0.2, -0.15) is 10.4 Å². The van der Waals surface area contributed by atoms with Crippen LogP contribution in [0.25, 0.3) is 11.1 Å². The fourth-order valence-corrected chi connectivity index (χ4v) is 1.65. The van der Waals surface area contributed by atoms with E-state index < -0.39 is 0 Å². The molecule has 0 aromatic carbocycles. The van der Waals surface area contributed by atoms with E-state index in [1.165, 1.54) is 0 Å². The predicted octanol–water partition coefficient (Wildman–Crippen LogP) is 2.14. The number of nitriles is 1. The minimum absolute atomic E-state index is 0.395. The zero-order chi connectivity index (χ0) is 13.0. The average Bonchev–Trinajstić information content (AvgIpc) is 2.78. The van der Waals surface area contributed by atoms with Crippen LogP contribution < -0.4 is 4.74 Å². The van der Waals surface area contributed by atoms with Crippen LogP contribution >= 0.6 is 0 Å². The van der Waals surface area contributed by atoms with E-state index in [0.29, 0.717) is 18.1 Å². The fourth-order valence-electron chi connectivity index (χ4n) is 1.65. The molecule has 0 fully saturated rings. The molecule has 0 N–H and O–H groups in total. The highest BCUT2D eigenvalue weighted by molar-refractivity contribution is 5.68. The zero-order valence-corrected chi connectivity index (χ0v) is 10.4. The number of aryl methyl sites for hydroxylation is 1. The Balaban J connectivity index is 2.35. The third kappa shape index (κ3) is 2.48. The van der Waals surface area contributed by atoms with Gasteiger partial charge in [-0.15, -0.1) is 0 Å². The standard InChI is InChI=1S/C13H14N4O/c1-3-4-18-11-5-10(7-15-8-11)12-9-17(2)16-13(12)6-14/h5,7-9H,3-4H2,1-2H3. The Kier molecular flexibility index (Phi) is 3.58. The van der Waals surface area contributed by atoms with Gasteiger partial charge in [-0.05, 0) is 12.5 Å². The van der Waals surface area contributed by atoms with Gasteiger partial charge >= 0.3 is 0 Å². The zero-order valence-electron chi connectivity index (χ0n) is 10.4. The highest BCUT2D eigenvalue weighted by Crippen LogP contribution is 2.24. The van der Waals surface area contributed by atoms with Crippen molar-refractivity contribution in [3.8, 4) is 22.9 Å². The normalized spacial score (nSPS) is 10.1. The van der Waals surface area contributed by atoms with Crippen molar-refractivity contribution in [2.45, 2.75) is 13.3 Å². The lowest BCUT2D eigenvalue weighted by atomic mass is 10.1. The molecule has 2 heterocycles. The van der Waals surface area contributed by atoms with Crippen molar-refractivity contribution >= 4 is 0 Å². The molecule has 5 heteroatoms. The lowest BCUT2D eigenvalue weighted by Crippen LogP contribution is -1.95. The molecule has 0 bridgehead atoms. The van der Waals surface area contributed by atoms with Gasteiger partial charge in [-0.25, -0.2) is 0 Å². The summed E-state index contributed by atoms with van der Waals surface area (Å²) in [6.07, 6.45) is 6.12. The molecule has 2 aromatic rings. The third-order valence-corrected chi connectivity index (χ3v) is 2.43. The summed E-state index contributed by atoms with van der Waals surface area (Å²) in [5.74, 6) is 0.710. The maximum atomic E-state index is 9.03. The van der Waals surface area contributed by atoms with Crippen molar-refractivity contribution in [1.82, 2.24) is 14.8 Å². The summed E-state index contributed by atoms with van der Waals surface area (Å²) >= 11 is 0. The van der Waals surface area contributed by atoms with E-state index in [0.717, 1.165) is 17.5 Å². The highest BCUT2D eigenvalue weighted by Gasteiger charge is 2.10. The van der Waals surface area contributed by atoms with Crippen LogP contribution in [0.2, 0.25) is 0 Å². The van der Waals surface area contributed by atoms with Gasteiger partial charge in [0.2, 0.25) is 0 Å². The molecule has 2 rings (SSSR count). The predicted molar refractivity (Wildman–Crippen MR) is 66.9 cm³/mol. The molecule has 0 spiro atoms.